The summed E-state index contributed by atoms with van der Waals surface area (Å²) < 4.78 is 0. The largest absolute Gasteiger partial charge is 0.508 e. The Balaban J connectivity index is 1.46. The molecule has 2 aromatic carbocycles. The fraction of sp³-hybridized carbons (Fsp3) is 0.300. The third-order valence-electron chi connectivity index (χ3n) is 4.33. The van der Waals surface area contributed by atoms with Crippen molar-refractivity contribution in [2.75, 3.05) is 23.7 Å². The van der Waals surface area contributed by atoms with Crippen LogP contribution in [0.15, 0.2) is 53.4 Å². The van der Waals surface area contributed by atoms with Crippen molar-refractivity contribution in [3.05, 3.63) is 54.1 Å². The highest BCUT2D eigenvalue weighted by atomic mass is 32.2. The summed E-state index contributed by atoms with van der Waals surface area (Å²) in [5.74, 6) is 0.354. The summed E-state index contributed by atoms with van der Waals surface area (Å²) in [7, 11) is 0. The molecule has 1 heterocycles. The van der Waals surface area contributed by atoms with Gasteiger partial charge in [0.2, 0.25) is 11.8 Å². The van der Waals surface area contributed by atoms with Crippen molar-refractivity contribution < 1.29 is 14.7 Å². The number of thioether (sulfide) groups is 1. The topological polar surface area (TPSA) is 69.6 Å². The number of anilines is 1. The van der Waals surface area contributed by atoms with Crippen LogP contribution in [0.25, 0.3) is 0 Å². The SMILES string of the molecule is Cc1ccc(SCCNC(=O)[C@@H]2CC(=O)N(c3cccc(O)c3)C2)cc1. The van der Waals surface area contributed by atoms with Crippen molar-refractivity contribution >= 4 is 29.3 Å². The molecule has 0 radical (unpaired) electrons. The van der Waals surface area contributed by atoms with E-state index in [1.165, 1.54) is 16.5 Å². The van der Waals surface area contributed by atoms with Gasteiger partial charge in [-0.25, -0.2) is 0 Å². The first-order valence-corrected chi connectivity index (χ1v) is 9.58. The number of carbonyl (C=O) groups is 2. The van der Waals surface area contributed by atoms with Gasteiger partial charge in [-0.1, -0.05) is 23.8 Å². The Labute approximate surface area is 157 Å². The van der Waals surface area contributed by atoms with E-state index < -0.39 is 0 Å². The molecule has 0 aromatic heterocycles. The maximum Gasteiger partial charge on any atom is 0.227 e. The van der Waals surface area contributed by atoms with E-state index in [0.717, 1.165) is 5.75 Å². The van der Waals surface area contributed by atoms with E-state index >= 15 is 0 Å². The van der Waals surface area contributed by atoms with Gasteiger partial charge in [0.15, 0.2) is 0 Å². The predicted octanol–water partition coefficient (Wildman–Crippen LogP) is 2.96. The van der Waals surface area contributed by atoms with Gasteiger partial charge in [-0.05, 0) is 31.2 Å². The molecule has 2 aromatic rings. The van der Waals surface area contributed by atoms with Crippen LogP contribution in [-0.4, -0.2) is 35.8 Å². The Morgan fingerprint density at radius 2 is 2.04 bits per heavy atom. The molecule has 0 bridgehead atoms. The van der Waals surface area contributed by atoms with E-state index in [9.17, 15) is 14.7 Å². The minimum atomic E-state index is -0.353. The number of aryl methyl sites for hydroxylation is 1. The molecule has 0 unspecified atom stereocenters. The van der Waals surface area contributed by atoms with Crippen molar-refractivity contribution in [2.24, 2.45) is 5.92 Å². The van der Waals surface area contributed by atoms with Crippen LogP contribution in [0.4, 0.5) is 5.69 Å². The first-order valence-electron chi connectivity index (χ1n) is 8.59. The number of nitrogens with one attached hydrogen (secondary N) is 1. The number of hydrogen-bond donors (Lipinski definition) is 2. The van der Waals surface area contributed by atoms with Gasteiger partial charge >= 0.3 is 0 Å². The number of nitrogens with zero attached hydrogens (tertiary/aromatic N) is 1. The summed E-state index contributed by atoms with van der Waals surface area (Å²) in [6, 6.07) is 14.8. The molecule has 0 saturated carbocycles. The maximum atomic E-state index is 12.3. The fourth-order valence-corrected chi connectivity index (χ4v) is 3.68. The number of amides is 2. The normalized spacial score (nSPS) is 16.7. The second-order valence-corrected chi connectivity index (χ2v) is 7.55. The van der Waals surface area contributed by atoms with Crippen LogP contribution in [0.3, 0.4) is 0 Å². The summed E-state index contributed by atoms with van der Waals surface area (Å²) in [6.45, 7) is 2.96. The molecule has 0 aliphatic carbocycles. The van der Waals surface area contributed by atoms with Crippen LogP contribution in [0.2, 0.25) is 0 Å². The molecule has 1 aliphatic heterocycles. The molecule has 0 spiro atoms. The Hall–Kier alpha value is -2.47. The number of aromatic hydroxyl groups is 1. The first-order chi connectivity index (χ1) is 12.5. The number of phenolic OH excluding ortho intramolecular Hbond substituents is 1. The van der Waals surface area contributed by atoms with Crippen LogP contribution in [0, 0.1) is 12.8 Å². The molecule has 26 heavy (non-hydrogen) atoms. The summed E-state index contributed by atoms with van der Waals surface area (Å²) >= 11 is 1.69. The third-order valence-corrected chi connectivity index (χ3v) is 5.34. The van der Waals surface area contributed by atoms with E-state index in [4.69, 9.17) is 0 Å². The molecule has 6 heteroatoms. The Morgan fingerprint density at radius 1 is 1.27 bits per heavy atom. The average Bonchev–Trinajstić information content (AvgIpc) is 3.02. The molecule has 3 rings (SSSR count). The zero-order chi connectivity index (χ0) is 18.5. The zero-order valence-electron chi connectivity index (χ0n) is 14.6. The molecular formula is C20H22N2O3S. The Kier molecular flexibility index (Phi) is 5.83. The minimum Gasteiger partial charge on any atom is -0.508 e. The average molecular weight is 370 g/mol. The molecule has 1 saturated heterocycles. The van der Waals surface area contributed by atoms with E-state index in [0.29, 0.717) is 18.8 Å². The summed E-state index contributed by atoms with van der Waals surface area (Å²) in [5.41, 5.74) is 1.85. The second-order valence-electron chi connectivity index (χ2n) is 6.38. The van der Waals surface area contributed by atoms with E-state index in [2.05, 4.69) is 36.5 Å². The van der Waals surface area contributed by atoms with Gasteiger partial charge < -0.3 is 15.3 Å². The van der Waals surface area contributed by atoms with Crippen LogP contribution in [-0.2, 0) is 9.59 Å². The van der Waals surface area contributed by atoms with Crippen molar-refractivity contribution in [3.8, 4) is 5.75 Å². The number of hydrogen-bond acceptors (Lipinski definition) is 4. The lowest BCUT2D eigenvalue weighted by Crippen LogP contribution is -2.34. The highest BCUT2D eigenvalue weighted by Gasteiger charge is 2.35. The van der Waals surface area contributed by atoms with E-state index in [1.807, 2.05) is 0 Å². The summed E-state index contributed by atoms with van der Waals surface area (Å²) in [6.07, 6.45) is 0.201. The molecular weight excluding hydrogens is 348 g/mol. The van der Waals surface area contributed by atoms with Gasteiger partial charge in [-0.3, -0.25) is 9.59 Å². The highest BCUT2D eigenvalue weighted by Crippen LogP contribution is 2.27. The summed E-state index contributed by atoms with van der Waals surface area (Å²) in [4.78, 5) is 27.3. The van der Waals surface area contributed by atoms with Gasteiger partial charge in [0.1, 0.15) is 5.75 Å². The summed E-state index contributed by atoms with van der Waals surface area (Å²) in [5, 5.41) is 12.5. The van der Waals surface area contributed by atoms with Crippen molar-refractivity contribution in [1.82, 2.24) is 5.32 Å². The second kappa shape index (κ2) is 8.27. The quantitative estimate of drug-likeness (QED) is 0.606. The third kappa shape index (κ3) is 4.58. The van der Waals surface area contributed by atoms with Crippen LogP contribution < -0.4 is 10.2 Å². The lowest BCUT2D eigenvalue weighted by molar-refractivity contribution is -0.126. The number of benzene rings is 2. The maximum absolute atomic E-state index is 12.3. The van der Waals surface area contributed by atoms with Crippen molar-refractivity contribution in [2.45, 2.75) is 18.2 Å². The van der Waals surface area contributed by atoms with E-state index in [1.54, 1.807) is 34.9 Å². The monoisotopic (exact) mass is 370 g/mol. The Morgan fingerprint density at radius 3 is 2.77 bits per heavy atom. The first kappa shape index (κ1) is 18.3. The highest BCUT2D eigenvalue weighted by molar-refractivity contribution is 7.99. The number of rotatable bonds is 6. The molecule has 1 fully saturated rings. The van der Waals surface area contributed by atoms with Crippen molar-refractivity contribution in [1.29, 1.82) is 0 Å². The Bertz CT molecular complexity index is 792. The molecule has 136 valence electrons. The smallest absolute Gasteiger partial charge is 0.227 e. The van der Waals surface area contributed by atoms with Crippen LogP contribution >= 0.6 is 11.8 Å². The minimum absolute atomic E-state index is 0.0921. The van der Waals surface area contributed by atoms with Crippen LogP contribution in [0.5, 0.6) is 5.75 Å². The van der Waals surface area contributed by atoms with Gasteiger partial charge in [-0.2, -0.15) is 0 Å². The molecule has 1 atom stereocenters. The van der Waals surface area contributed by atoms with E-state index in [-0.39, 0.29) is 29.9 Å². The number of carbonyl (C=O) groups excluding carboxylic acids is 2. The molecule has 1 aliphatic rings. The van der Waals surface area contributed by atoms with Gasteiger partial charge in [-0.15, -0.1) is 11.8 Å². The van der Waals surface area contributed by atoms with Crippen molar-refractivity contribution in [3.63, 3.8) is 0 Å². The molecule has 2 amide bonds. The van der Waals surface area contributed by atoms with Crippen LogP contribution in [0.1, 0.15) is 12.0 Å². The number of phenols is 1. The standard InChI is InChI=1S/C20H22N2O3S/c1-14-5-7-18(8-6-14)26-10-9-21-20(25)15-11-19(24)22(13-15)16-3-2-4-17(23)12-16/h2-8,12,15,23H,9-11,13H2,1H3,(H,21,25)/t15-/m1/s1. The lowest BCUT2D eigenvalue weighted by atomic mass is 10.1. The van der Waals surface area contributed by atoms with Gasteiger partial charge in [0.25, 0.3) is 0 Å². The lowest BCUT2D eigenvalue weighted by Gasteiger charge is -2.17. The fourth-order valence-electron chi connectivity index (χ4n) is 2.92. The predicted molar refractivity (Wildman–Crippen MR) is 103 cm³/mol. The van der Waals surface area contributed by atoms with Gasteiger partial charge in [0.05, 0.1) is 5.92 Å². The molecule has 2 N–H and O–H groups in total. The molecule has 5 nitrogen and oxygen atoms in total. The zero-order valence-corrected chi connectivity index (χ0v) is 15.5. The van der Waals surface area contributed by atoms with Gasteiger partial charge in [0, 0.05) is 41.9 Å².